The van der Waals surface area contributed by atoms with Gasteiger partial charge >= 0.3 is 0 Å². The van der Waals surface area contributed by atoms with E-state index in [1.165, 1.54) is 60.6 Å². The second kappa shape index (κ2) is 13.9. The Balaban J connectivity index is 1.05. The average molecular weight is 628 g/mol. The van der Waals surface area contributed by atoms with E-state index in [4.69, 9.17) is 0 Å². The molecule has 8 rings (SSSR count). The number of para-hydroxylation sites is 1. The molecule has 234 valence electrons. The molecule has 0 aliphatic rings. The maximum atomic E-state index is 2.36. The molecule has 49 heavy (non-hydrogen) atoms. The molecule has 0 aromatic heterocycles. The molecule has 8 aromatic rings. The summed E-state index contributed by atoms with van der Waals surface area (Å²) in [5.41, 5.74) is 11.1. The summed E-state index contributed by atoms with van der Waals surface area (Å²) >= 11 is 0. The lowest BCUT2D eigenvalue weighted by molar-refractivity contribution is 1.02. The third kappa shape index (κ3) is 6.52. The number of fused-ring (bicyclic) bond motifs is 2. The van der Waals surface area contributed by atoms with Crippen LogP contribution >= 0.6 is 0 Å². The molecule has 8 aromatic carbocycles. The van der Waals surface area contributed by atoms with E-state index < -0.39 is 0 Å². The van der Waals surface area contributed by atoms with Crippen molar-refractivity contribution in [3.8, 4) is 11.1 Å². The predicted octanol–water partition coefficient (Wildman–Crippen LogP) is 13.3. The first-order valence-electron chi connectivity index (χ1n) is 17.1. The summed E-state index contributed by atoms with van der Waals surface area (Å²) in [5, 5.41) is 5.05. The van der Waals surface area contributed by atoms with Crippen molar-refractivity contribution < 1.29 is 0 Å². The minimum atomic E-state index is 0.959. The Labute approximate surface area is 289 Å². The molecule has 0 heterocycles. The Kier molecular flexibility index (Phi) is 8.56. The van der Waals surface area contributed by atoms with Crippen LogP contribution < -0.4 is 4.90 Å². The van der Waals surface area contributed by atoms with Crippen molar-refractivity contribution in [3.05, 3.63) is 211 Å². The molecular formula is C48H37N. The lowest BCUT2D eigenvalue weighted by Gasteiger charge is -2.27. The standard InChI is InChI=1S/C48H37N/c1-3-13-37(14-4-1)35-42(46-23-11-17-40-15-7-9-21-45(40)46)30-27-36-25-28-38(29-26-36)39-31-33-44(34-32-39)49(43-19-5-2-6-20-43)48-24-12-18-41-16-8-10-22-47(41)48/h1-26,28-29,31-35H,27,30H2/b42-35-. The first kappa shape index (κ1) is 30.2. The van der Waals surface area contributed by atoms with Crippen LogP contribution in [0.5, 0.6) is 0 Å². The van der Waals surface area contributed by atoms with Gasteiger partial charge < -0.3 is 4.90 Å². The van der Waals surface area contributed by atoms with Gasteiger partial charge in [-0.1, -0.05) is 170 Å². The van der Waals surface area contributed by atoms with Crippen LogP contribution in [0.3, 0.4) is 0 Å². The third-order valence-electron chi connectivity index (χ3n) is 9.39. The van der Waals surface area contributed by atoms with Gasteiger partial charge in [0, 0.05) is 16.8 Å². The molecule has 0 atom stereocenters. The molecule has 0 unspecified atom stereocenters. The van der Waals surface area contributed by atoms with Crippen molar-refractivity contribution in [2.24, 2.45) is 0 Å². The van der Waals surface area contributed by atoms with Gasteiger partial charge in [0.2, 0.25) is 0 Å². The van der Waals surface area contributed by atoms with E-state index in [0.717, 1.165) is 24.2 Å². The summed E-state index contributed by atoms with van der Waals surface area (Å²) in [7, 11) is 0. The van der Waals surface area contributed by atoms with Gasteiger partial charge in [0.15, 0.2) is 0 Å². The van der Waals surface area contributed by atoms with Crippen LogP contribution in [0.25, 0.3) is 44.3 Å². The largest absolute Gasteiger partial charge is 0.310 e. The zero-order valence-corrected chi connectivity index (χ0v) is 27.4. The highest BCUT2D eigenvalue weighted by Crippen LogP contribution is 2.39. The fourth-order valence-corrected chi connectivity index (χ4v) is 6.89. The highest BCUT2D eigenvalue weighted by molar-refractivity contribution is 5.99. The minimum absolute atomic E-state index is 0.959. The number of rotatable bonds is 9. The molecule has 0 bridgehead atoms. The lowest BCUT2D eigenvalue weighted by atomic mass is 9.92. The Hall–Kier alpha value is -6.18. The monoisotopic (exact) mass is 627 g/mol. The molecule has 0 radical (unpaired) electrons. The van der Waals surface area contributed by atoms with E-state index in [1.54, 1.807) is 0 Å². The Morgan fingerprint density at radius 1 is 0.429 bits per heavy atom. The van der Waals surface area contributed by atoms with Crippen molar-refractivity contribution in [1.82, 2.24) is 0 Å². The van der Waals surface area contributed by atoms with E-state index in [-0.39, 0.29) is 0 Å². The van der Waals surface area contributed by atoms with Gasteiger partial charge in [0.25, 0.3) is 0 Å². The van der Waals surface area contributed by atoms with Crippen molar-refractivity contribution in [1.29, 1.82) is 0 Å². The Bertz CT molecular complexity index is 2340. The molecule has 0 fully saturated rings. The molecule has 1 nitrogen and oxygen atoms in total. The smallest absolute Gasteiger partial charge is 0.0540 e. The van der Waals surface area contributed by atoms with Crippen LogP contribution in [0.1, 0.15) is 23.1 Å². The van der Waals surface area contributed by atoms with Crippen molar-refractivity contribution in [3.63, 3.8) is 0 Å². The van der Waals surface area contributed by atoms with Gasteiger partial charge in [-0.3, -0.25) is 0 Å². The summed E-state index contributed by atoms with van der Waals surface area (Å²) in [6.07, 6.45) is 4.29. The number of anilines is 3. The normalized spacial score (nSPS) is 11.6. The van der Waals surface area contributed by atoms with E-state index >= 15 is 0 Å². The zero-order chi connectivity index (χ0) is 32.8. The molecule has 0 saturated carbocycles. The minimum Gasteiger partial charge on any atom is -0.310 e. The molecule has 0 aliphatic heterocycles. The second-order valence-electron chi connectivity index (χ2n) is 12.5. The number of hydrogen-bond acceptors (Lipinski definition) is 1. The second-order valence-corrected chi connectivity index (χ2v) is 12.5. The highest BCUT2D eigenvalue weighted by Gasteiger charge is 2.15. The van der Waals surface area contributed by atoms with Crippen LogP contribution in [0, 0.1) is 0 Å². The summed E-state index contributed by atoms with van der Waals surface area (Å²) in [6, 6.07) is 69.9. The molecule has 0 spiro atoms. The Morgan fingerprint density at radius 2 is 0.959 bits per heavy atom. The van der Waals surface area contributed by atoms with Crippen LogP contribution in [0.15, 0.2) is 194 Å². The average Bonchev–Trinajstić information content (AvgIpc) is 3.18. The molecule has 0 amide bonds. The SMILES string of the molecule is C(=C(\CCc1ccc(-c2ccc(N(c3ccccc3)c3cccc4ccccc34)cc2)cc1)c1cccc2ccccc12)/c1ccccc1. The van der Waals surface area contributed by atoms with Crippen molar-refractivity contribution >= 4 is 50.3 Å². The lowest BCUT2D eigenvalue weighted by Crippen LogP contribution is -2.10. The van der Waals surface area contributed by atoms with Crippen LogP contribution in [0.2, 0.25) is 0 Å². The van der Waals surface area contributed by atoms with Gasteiger partial charge in [0.1, 0.15) is 0 Å². The van der Waals surface area contributed by atoms with E-state index in [0.29, 0.717) is 0 Å². The first-order chi connectivity index (χ1) is 24.3. The van der Waals surface area contributed by atoms with E-state index in [9.17, 15) is 0 Å². The van der Waals surface area contributed by atoms with Gasteiger partial charge in [-0.2, -0.15) is 0 Å². The van der Waals surface area contributed by atoms with Gasteiger partial charge in [-0.15, -0.1) is 0 Å². The summed E-state index contributed by atoms with van der Waals surface area (Å²) in [5.74, 6) is 0. The maximum Gasteiger partial charge on any atom is 0.0540 e. The maximum absolute atomic E-state index is 2.36. The quantitative estimate of drug-likeness (QED) is 0.144. The third-order valence-corrected chi connectivity index (χ3v) is 9.39. The molecule has 0 aliphatic carbocycles. The van der Waals surface area contributed by atoms with Crippen LogP contribution in [-0.2, 0) is 6.42 Å². The summed E-state index contributed by atoms with van der Waals surface area (Å²) < 4.78 is 0. The number of allylic oxidation sites excluding steroid dienone is 1. The Morgan fingerprint density at radius 3 is 1.67 bits per heavy atom. The van der Waals surface area contributed by atoms with Crippen LogP contribution in [-0.4, -0.2) is 0 Å². The topological polar surface area (TPSA) is 3.24 Å². The van der Waals surface area contributed by atoms with Crippen molar-refractivity contribution in [2.45, 2.75) is 12.8 Å². The highest BCUT2D eigenvalue weighted by atomic mass is 15.1. The molecule has 1 heteroatoms. The predicted molar refractivity (Wildman–Crippen MR) is 211 cm³/mol. The van der Waals surface area contributed by atoms with Gasteiger partial charge in [-0.05, 0) is 92.7 Å². The number of benzene rings is 8. The number of hydrogen-bond donors (Lipinski definition) is 0. The number of nitrogens with zero attached hydrogens (tertiary/aromatic N) is 1. The van der Waals surface area contributed by atoms with Crippen LogP contribution in [0.4, 0.5) is 17.1 Å². The summed E-state index contributed by atoms with van der Waals surface area (Å²) in [4.78, 5) is 2.35. The van der Waals surface area contributed by atoms with Gasteiger partial charge in [0.05, 0.1) is 5.69 Å². The number of aryl methyl sites for hydroxylation is 1. The first-order valence-corrected chi connectivity index (χ1v) is 17.1. The van der Waals surface area contributed by atoms with Gasteiger partial charge in [-0.25, -0.2) is 0 Å². The fourth-order valence-electron chi connectivity index (χ4n) is 6.89. The molecule has 0 saturated heterocycles. The fraction of sp³-hybridized carbons (Fsp3) is 0.0417. The van der Waals surface area contributed by atoms with Crippen molar-refractivity contribution in [2.75, 3.05) is 4.90 Å². The zero-order valence-electron chi connectivity index (χ0n) is 27.4. The summed E-state index contributed by atoms with van der Waals surface area (Å²) in [6.45, 7) is 0. The van der Waals surface area contributed by atoms with E-state index in [2.05, 4.69) is 205 Å². The van der Waals surface area contributed by atoms with E-state index in [1.807, 2.05) is 0 Å². The molecular weight excluding hydrogens is 591 g/mol. The molecule has 0 N–H and O–H groups in total.